The highest BCUT2D eigenvalue weighted by atomic mass is 16.5. The van der Waals surface area contributed by atoms with E-state index in [1.807, 2.05) is 0 Å². The summed E-state index contributed by atoms with van der Waals surface area (Å²) >= 11 is 0. The molecule has 2 unspecified atom stereocenters. The Bertz CT molecular complexity index is 689. The van der Waals surface area contributed by atoms with Crippen LogP contribution >= 0.6 is 0 Å². The Morgan fingerprint density at radius 2 is 1.68 bits per heavy atom. The highest BCUT2D eigenvalue weighted by molar-refractivity contribution is 5.30. The van der Waals surface area contributed by atoms with E-state index in [1.54, 1.807) is 0 Å². The third kappa shape index (κ3) is 6.08. The van der Waals surface area contributed by atoms with Crippen LogP contribution in [0.15, 0.2) is 48.5 Å². The molecule has 2 atom stereocenters. The molecule has 1 N–H and O–H groups in total. The largest absolute Gasteiger partial charge is 0.493 e. The summed E-state index contributed by atoms with van der Waals surface area (Å²) in [5, 5.41) is 3.45. The number of aryl methyl sites for hydroxylation is 1. The van der Waals surface area contributed by atoms with Crippen LogP contribution in [0.1, 0.15) is 42.9 Å². The lowest BCUT2D eigenvalue weighted by Crippen LogP contribution is -2.45. The molecule has 2 aromatic carbocycles. The van der Waals surface area contributed by atoms with Gasteiger partial charge in [-0.25, -0.2) is 0 Å². The molecule has 28 heavy (non-hydrogen) atoms. The van der Waals surface area contributed by atoms with Crippen molar-refractivity contribution in [3.05, 3.63) is 65.2 Å². The third-order valence-corrected chi connectivity index (χ3v) is 6.08. The first kappa shape index (κ1) is 20.9. The van der Waals surface area contributed by atoms with Gasteiger partial charge >= 0.3 is 0 Å². The molecule has 2 aromatic rings. The van der Waals surface area contributed by atoms with E-state index in [4.69, 9.17) is 4.74 Å². The first-order valence-corrected chi connectivity index (χ1v) is 10.9. The van der Waals surface area contributed by atoms with E-state index in [9.17, 15) is 0 Å². The van der Waals surface area contributed by atoms with Crippen molar-refractivity contribution in [2.75, 3.05) is 39.3 Å². The van der Waals surface area contributed by atoms with Crippen LogP contribution in [-0.4, -0.2) is 44.2 Å². The standard InChI is InChI=1S/C25H36N2O/c1-4-21(3)25(19-27-16-14-26-15-17-27)23-9-11-24(12-10-23)28-18-13-22-7-5-20(2)6-8-22/h5-12,21,25-26H,4,13-19H2,1-3H3. The second-order valence-electron chi connectivity index (χ2n) is 8.20. The summed E-state index contributed by atoms with van der Waals surface area (Å²) in [7, 11) is 0. The molecule has 1 fully saturated rings. The maximum atomic E-state index is 5.99. The maximum absolute atomic E-state index is 5.99. The van der Waals surface area contributed by atoms with Crippen LogP contribution in [0.25, 0.3) is 0 Å². The number of hydrogen-bond acceptors (Lipinski definition) is 3. The minimum Gasteiger partial charge on any atom is -0.493 e. The van der Waals surface area contributed by atoms with Crippen LogP contribution in [0.2, 0.25) is 0 Å². The molecule has 1 aliphatic rings. The number of ether oxygens (including phenoxy) is 1. The van der Waals surface area contributed by atoms with Crippen molar-refractivity contribution in [2.45, 2.75) is 39.5 Å². The fourth-order valence-corrected chi connectivity index (χ4v) is 3.92. The second-order valence-corrected chi connectivity index (χ2v) is 8.20. The van der Waals surface area contributed by atoms with Gasteiger partial charge in [-0.1, -0.05) is 62.2 Å². The topological polar surface area (TPSA) is 24.5 Å². The number of hydrogen-bond donors (Lipinski definition) is 1. The summed E-state index contributed by atoms with van der Waals surface area (Å²) in [6, 6.07) is 17.6. The van der Waals surface area contributed by atoms with Gasteiger partial charge in [0.1, 0.15) is 5.75 Å². The van der Waals surface area contributed by atoms with Crippen molar-refractivity contribution in [3.8, 4) is 5.75 Å². The van der Waals surface area contributed by atoms with Crippen LogP contribution in [0.5, 0.6) is 5.75 Å². The molecule has 0 saturated carbocycles. The normalized spacial score (nSPS) is 17.2. The number of nitrogens with one attached hydrogen (secondary N) is 1. The fourth-order valence-electron chi connectivity index (χ4n) is 3.92. The van der Waals surface area contributed by atoms with E-state index in [2.05, 4.69) is 79.5 Å². The first-order chi connectivity index (χ1) is 13.7. The van der Waals surface area contributed by atoms with Gasteiger partial charge in [0.25, 0.3) is 0 Å². The van der Waals surface area contributed by atoms with Crippen LogP contribution < -0.4 is 10.1 Å². The van der Waals surface area contributed by atoms with E-state index in [-0.39, 0.29) is 0 Å². The van der Waals surface area contributed by atoms with E-state index in [0.29, 0.717) is 11.8 Å². The summed E-state index contributed by atoms with van der Waals surface area (Å²) < 4.78 is 5.99. The fraction of sp³-hybridized carbons (Fsp3) is 0.520. The predicted molar refractivity (Wildman–Crippen MR) is 118 cm³/mol. The SMILES string of the molecule is CCC(C)C(CN1CCNCC1)c1ccc(OCCc2ccc(C)cc2)cc1. The minimum absolute atomic E-state index is 0.588. The summed E-state index contributed by atoms with van der Waals surface area (Å²) in [5.41, 5.74) is 4.07. The lowest BCUT2D eigenvalue weighted by atomic mass is 9.85. The zero-order chi connectivity index (χ0) is 19.8. The molecule has 3 nitrogen and oxygen atoms in total. The van der Waals surface area contributed by atoms with Crippen LogP contribution in [-0.2, 0) is 6.42 Å². The molecule has 0 radical (unpaired) electrons. The lowest BCUT2D eigenvalue weighted by Gasteiger charge is -2.33. The smallest absolute Gasteiger partial charge is 0.119 e. The van der Waals surface area contributed by atoms with Crippen molar-refractivity contribution >= 4 is 0 Å². The molecular weight excluding hydrogens is 344 g/mol. The predicted octanol–water partition coefficient (Wildman–Crippen LogP) is 4.65. The first-order valence-electron chi connectivity index (χ1n) is 10.9. The maximum Gasteiger partial charge on any atom is 0.119 e. The summed E-state index contributed by atoms with van der Waals surface area (Å²) in [5.74, 6) is 2.24. The molecule has 0 bridgehead atoms. The Morgan fingerprint density at radius 3 is 2.32 bits per heavy atom. The van der Waals surface area contributed by atoms with Gasteiger partial charge in [-0.2, -0.15) is 0 Å². The summed E-state index contributed by atoms with van der Waals surface area (Å²) in [6.07, 6.45) is 2.16. The molecule has 0 aliphatic carbocycles. The monoisotopic (exact) mass is 380 g/mol. The Balaban J connectivity index is 1.56. The van der Waals surface area contributed by atoms with E-state index >= 15 is 0 Å². The van der Waals surface area contributed by atoms with Gasteiger partial charge in [-0.15, -0.1) is 0 Å². The van der Waals surface area contributed by atoms with Crippen molar-refractivity contribution < 1.29 is 4.74 Å². The number of nitrogens with zero attached hydrogens (tertiary/aromatic N) is 1. The molecule has 3 rings (SSSR count). The van der Waals surface area contributed by atoms with Gasteiger partial charge in [0, 0.05) is 39.1 Å². The van der Waals surface area contributed by atoms with Gasteiger partial charge in [-0.3, -0.25) is 0 Å². The molecule has 3 heteroatoms. The van der Waals surface area contributed by atoms with Crippen LogP contribution in [0.3, 0.4) is 0 Å². The molecule has 0 spiro atoms. The van der Waals surface area contributed by atoms with Crippen molar-refractivity contribution in [1.82, 2.24) is 10.2 Å². The third-order valence-electron chi connectivity index (χ3n) is 6.08. The van der Waals surface area contributed by atoms with Gasteiger partial charge in [-0.05, 0) is 42.0 Å². The van der Waals surface area contributed by atoms with E-state index in [0.717, 1.165) is 51.5 Å². The Hall–Kier alpha value is -1.84. The highest BCUT2D eigenvalue weighted by Crippen LogP contribution is 2.29. The number of rotatable bonds is 9. The lowest BCUT2D eigenvalue weighted by molar-refractivity contribution is 0.207. The van der Waals surface area contributed by atoms with Crippen molar-refractivity contribution in [3.63, 3.8) is 0 Å². The number of benzene rings is 2. The zero-order valence-electron chi connectivity index (χ0n) is 17.8. The van der Waals surface area contributed by atoms with Crippen molar-refractivity contribution in [2.24, 2.45) is 5.92 Å². The molecule has 0 aromatic heterocycles. The van der Waals surface area contributed by atoms with E-state index in [1.165, 1.54) is 23.1 Å². The average molecular weight is 381 g/mol. The van der Waals surface area contributed by atoms with Gasteiger partial charge in [0.15, 0.2) is 0 Å². The van der Waals surface area contributed by atoms with Gasteiger partial charge in [0.05, 0.1) is 6.61 Å². The second kappa shape index (κ2) is 10.6. The number of piperazine rings is 1. The van der Waals surface area contributed by atoms with Crippen LogP contribution in [0, 0.1) is 12.8 Å². The molecule has 1 saturated heterocycles. The molecule has 0 amide bonds. The zero-order valence-corrected chi connectivity index (χ0v) is 17.8. The molecule has 152 valence electrons. The molecular formula is C25H36N2O. The summed E-state index contributed by atoms with van der Waals surface area (Å²) in [4.78, 5) is 2.61. The van der Waals surface area contributed by atoms with Crippen LogP contribution in [0.4, 0.5) is 0 Å². The summed E-state index contributed by atoms with van der Waals surface area (Å²) in [6.45, 7) is 13.2. The Kier molecular flexibility index (Phi) is 7.93. The average Bonchev–Trinajstić information content (AvgIpc) is 2.74. The Morgan fingerprint density at radius 1 is 1.00 bits per heavy atom. The Labute approximate surface area is 171 Å². The molecule has 1 aliphatic heterocycles. The minimum atomic E-state index is 0.588. The van der Waals surface area contributed by atoms with Gasteiger partial charge < -0.3 is 15.0 Å². The van der Waals surface area contributed by atoms with Crippen molar-refractivity contribution in [1.29, 1.82) is 0 Å². The highest BCUT2D eigenvalue weighted by Gasteiger charge is 2.22. The van der Waals surface area contributed by atoms with E-state index < -0.39 is 0 Å². The quantitative estimate of drug-likeness (QED) is 0.685. The molecule has 1 heterocycles. The van der Waals surface area contributed by atoms with Gasteiger partial charge in [0.2, 0.25) is 0 Å².